The molecule has 0 radical (unpaired) electrons. The van der Waals surface area contributed by atoms with E-state index >= 15 is 0 Å². The summed E-state index contributed by atoms with van der Waals surface area (Å²) in [7, 11) is 1.84. The standard InChI is InChI=1S/C22H30N8O3/c1-13(2)10-20-24-26-28-30(20)12-18-21(25-27-29(18)4)17-8-9-19(14(3)23-17)33-16-7-5-6-15(11-16)22(31)32/h8-9,13,15-16H,5-7,10-12H2,1-4H3,(H,31,32)/t15-,16-/m0/s1. The molecule has 1 aliphatic rings. The second kappa shape index (κ2) is 9.63. The largest absolute Gasteiger partial charge is 0.489 e. The summed E-state index contributed by atoms with van der Waals surface area (Å²) in [4.78, 5) is 16.1. The second-order valence-electron chi connectivity index (χ2n) is 9.08. The van der Waals surface area contributed by atoms with Gasteiger partial charge in [0.05, 0.1) is 35.6 Å². The number of hydrogen-bond acceptors (Lipinski definition) is 8. The number of aliphatic carboxylic acids is 1. The van der Waals surface area contributed by atoms with Crippen molar-refractivity contribution in [3.8, 4) is 17.1 Å². The van der Waals surface area contributed by atoms with Gasteiger partial charge in [-0.15, -0.1) is 10.2 Å². The van der Waals surface area contributed by atoms with E-state index in [1.165, 1.54) is 0 Å². The third-order valence-corrected chi connectivity index (χ3v) is 5.99. The Kier molecular flexibility index (Phi) is 6.66. The molecule has 0 aromatic carbocycles. The molecule has 3 aromatic heterocycles. The fraction of sp³-hybridized carbons (Fsp3) is 0.591. The molecule has 0 aliphatic heterocycles. The van der Waals surface area contributed by atoms with Crippen LogP contribution < -0.4 is 4.74 Å². The Balaban J connectivity index is 1.53. The van der Waals surface area contributed by atoms with Gasteiger partial charge < -0.3 is 9.84 Å². The molecule has 1 aliphatic carbocycles. The van der Waals surface area contributed by atoms with Gasteiger partial charge in [-0.2, -0.15) is 0 Å². The van der Waals surface area contributed by atoms with Crippen molar-refractivity contribution in [2.45, 2.75) is 65.5 Å². The number of carbonyl (C=O) groups is 1. The van der Waals surface area contributed by atoms with E-state index in [4.69, 9.17) is 9.72 Å². The van der Waals surface area contributed by atoms with E-state index in [-0.39, 0.29) is 12.0 Å². The minimum Gasteiger partial charge on any atom is -0.489 e. The van der Waals surface area contributed by atoms with Crippen LogP contribution in [0.1, 0.15) is 56.7 Å². The maximum absolute atomic E-state index is 11.3. The summed E-state index contributed by atoms with van der Waals surface area (Å²) in [5.74, 6) is 0.830. The molecule has 0 amide bonds. The van der Waals surface area contributed by atoms with Crippen molar-refractivity contribution in [1.82, 2.24) is 40.2 Å². The maximum Gasteiger partial charge on any atom is 0.306 e. The smallest absolute Gasteiger partial charge is 0.306 e. The van der Waals surface area contributed by atoms with E-state index in [9.17, 15) is 9.90 Å². The molecule has 0 spiro atoms. The molecule has 1 saturated carbocycles. The highest BCUT2D eigenvalue weighted by atomic mass is 16.5. The number of ether oxygens (including phenoxy) is 1. The zero-order chi connectivity index (χ0) is 23.5. The number of pyridine rings is 1. The molecule has 1 N–H and O–H groups in total. The van der Waals surface area contributed by atoms with E-state index < -0.39 is 5.97 Å². The lowest BCUT2D eigenvalue weighted by Gasteiger charge is -2.27. The van der Waals surface area contributed by atoms with Crippen molar-refractivity contribution in [2.24, 2.45) is 18.9 Å². The Morgan fingerprint density at radius 2 is 2.06 bits per heavy atom. The van der Waals surface area contributed by atoms with Crippen LogP contribution in [0.5, 0.6) is 5.75 Å². The number of aromatic nitrogens is 8. The van der Waals surface area contributed by atoms with Crippen LogP contribution in [0, 0.1) is 18.8 Å². The van der Waals surface area contributed by atoms with Gasteiger partial charge in [-0.05, 0) is 61.1 Å². The average molecular weight is 455 g/mol. The van der Waals surface area contributed by atoms with Gasteiger partial charge in [-0.25, -0.2) is 14.3 Å². The zero-order valence-corrected chi connectivity index (χ0v) is 19.5. The summed E-state index contributed by atoms with van der Waals surface area (Å²) < 4.78 is 9.62. The summed E-state index contributed by atoms with van der Waals surface area (Å²) in [6.07, 6.45) is 3.60. The number of aryl methyl sites for hydroxylation is 2. The zero-order valence-electron chi connectivity index (χ0n) is 19.5. The first-order valence-corrected chi connectivity index (χ1v) is 11.3. The number of nitrogens with zero attached hydrogens (tertiary/aromatic N) is 8. The summed E-state index contributed by atoms with van der Waals surface area (Å²) >= 11 is 0. The highest BCUT2D eigenvalue weighted by Crippen LogP contribution is 2.30. The lowest BCUT2D eigenvalue weighted by Crippen LogP contribution is -2.29. The monoisotopic (exact) mass is 454 g/mol. The van der Waals surface area contributed by atoms with Crippen LogP contribution in [0.2, 0.25) is 0 Å². The fourth-order valence-electron chi connectivity index (χ4n) is 4.21. The van der Waals surface area contributed by atoms with Gasteiger partial charge in [0, 0.05) is 13.5 Å². The van der Waals surface area contributed by atoms with Crippen molar-refractivity contribution >= 4 is 5.97 Å². The molecule has 11 heteroatoms. The quantitative estimate of drug-likeness (QED) is 0.544. The molecule has 1 fully saturated rings. The molecule has 0 saturated heterocycles. The highest BCUT2D eigenvalue weighted by molar-refractivity contribution is 5.70. The van der Waals surface area contributed by atoms with E-state index in [0.717, 1.165) is 36.5 Å². The van der Waals surface area contributed by atoms with Crippen LogP contribution in [0.3, 0.4) is 0 Å². The van der Waals surface area contributed by atoms with Crippen molar-refractivity contribution in [3.05, 3.63) is 29.3 Å². The van der Waals surface area contributed by atoms with Gasteiger partial charge in [0.2, 0.25) is 0 Å². The number of rotatable bonds is 8. The maximum atomic E-state index is 11.3. The van der Waals surface area contributed by atoms with Crippen LogP contribution in [-0.2, 0) is 24.8 Å². The van der Waals surface area contributed by atoms with Crippen LogP contribution in [0.15, 0.2) is 12.1 Å². The first kappa shape index (κ1) is 22.8. The summed E-state index contributed by atoms with van der Waals surface area (Å²) in [5, 5.41) is 30.0. The number of tetrazole rings is 1. The molecule has 33 heavy (non-hydrogen) atoms. The number of carboxylic acids is 1. The third kappa shape index (κ3) is 5.18. The highest BCUT2D eigenvalue weighted by Gasteiger charge is 2.28. The Labute approximate surface area is 192 Å². The van der Waals surface area contributed by atoms with Gasteiger partial charge in [0.15, 0.2) is 5.82 Å². The molecule has 0 bridgehead atoms. The Morgan fingerprint density at radius 3 is 2.79 bits per heavy atom. The minimum absolute atomic E-state index is 0.113. The number of carboxylic acid groups (broad SMARTS) is 1. The third-order valence-electron chi connectivity index (χ3n) is 5.99. The topological polar surface area (TPSA) is 134 Å². The van der Waals surface area contributed by atoms with Gasteiger partial charge >= 0.3 is 5.97 Å². The Morgan fingerprint density at radius 1 is 1.24 bits per heavy atom. The predicted octanol–water partition coefficient (Wildman–Crippen LogP) is 2.44. The summed E-state index contributed by atoms with van der Waals surface area (Å²) in [6.45, 7) is 6.57. The van der Waals surface area contributed by atoms with Crippen molar-refractivity contribution in [3.63, 3.8) is 0 Å². The molecule has 2 atom stereocenters. The molecule has 176 valence electrons. The van der Waals surface area contributed by atoms with Gasteiger partial charge in [-0.1, -0.05) is 19.1 Å². The predicted molar refractivity (Wildman–Crippen MR) is 118 cm³/mol. The van der Waals surface area contributed by atoms with Crippen LogP contribution in [0.4, 0.5) is 0 Å². The fourth-order valence-corrected chi connectivity index (χ4v) is 4.21. The lowest BCUT2D eigenvalue weighted by atomic mass is 9.87. The Bertz CT molecular complexity index is 1120. The minimum atomic E-state index is -0.747. The summed E-state index contributed by atoms with van der Waals surface area (Å²) in [6, 6.07) is 3.74. The van der Waals surface area contributed by atoms with Crippen LogP contribution >= 0.6 is 0 Å². The first-order valence-electron chi connectivity index (χ1n) is 11.3. The first-order chi connectivity index (χ1) is 15.8. The summed E-state index contributed by atoms with van der Waals surface area (Å²) in [5.41, 5.74) is 2.93. The molecule has 4 rings (SSSR count). The van der Waals surface area contributed by atoms with Gasteiger partial charge in [0.1, 0.15) is 11.4 Å². The molecule has 3 heterocycles. The molecule has 0 unspecified atom stereocenters. The van der Waals surface area contributed by atoms with Crippen molar-refractivity contribution in [2.75, 3.05) is 0 Å². The van der Waals surface area contributed by atoms with Gasteiger partial charge in [-0.3, -0.25) is 4.79 Å². The van der Waals surface area contributed by atoms with E-state index in [0.29, 0.717) is 42.4 Å². The normalized spacial score (nSPS) is 18.6. The van der Waals surface area contributed by atoms with E-state index in [1.54, 1.807) is 9.36 Å². The van der Waals surface area contributed by atoms with Gasteiger partial charge in [0.25, 0.3) is 0 Å². The average Bonchev–Trinajstić information content (AvgIpc) is 3.36. The SMILES string of the molecule is Cc1nc(-c2nnn(C)c2Cn2nnnc2CC(C)C)ccc1O[C@H]1CCC[C@H](C(=O)O)C1. The molecule has 11 nitrogen and oxygen atoms in total. The molecular weight excluding hydrogens is 424 g/mol. The van der Waals surface area contributed by atoms with Crippen molar-refractivity contribution in [1.29, 1.82) is 0 Å². The van der Waals surface area contributed by atoms with E-state index in [2.05, 4.69) is 39.7 Å². The molecule has 3 aromatic rings. The Hall–Kier alpha value is -3.37. The van der Waals surface area contributed by atoms with Crippen LogP contribution in [0.25, 0.3) is 11.4 Å². The lowest BCUT2D eigenvalue weighted by molar-refractivity contribution is -0.143. The van der Waals surface area contributed by atoms with Crippen molar-refractivity contribution < 1.29 is 14.6 Å². The number of hydrogen-bond donors (Lipinski definition) is 1. The van der Waals surface area contributed by atoms with E-state index in [1.807, 2.05) is 26.1 Å². The second-order valence-corrected chi connectivity index (χ2v) is 9.08. The molecular formula is C22H30N8O3. The van der Waals surface area contributed by atoms with Crippen LogP contribution in [-0.4, -0.2) is 57.4 Å².